The molecule has 0 heterocycles. The number of hydrogen-bond donors (Lipinski definition) is 2. The quantitative estimate of drug-likeness (QED) is 0.587. The smallest absolute Gasteiger partial charge is 0.340 e. The number of carbonyl (C=O) groups excluding carboxylic acids is 2. The predicted octanol–water partition coefficient (Wildman–Crippen LogP) is 1.45. The minimum absolute atomic E-state index is 0.0827. The van der Waals surface area contributed by atoms with Crippen LogP contribution in [0.15, 0.2) is 12.1 Å². The molecule has 1 amide bonds. The fourth-order valence-corrected chi connectivity index (χ4v) is 1.28. The molecule has 0 fully saturated rings. The van der Waals surface area contributed by atoms with Gasteiger partial charge in [0.15, 0.2) is 0 Å². The topological polar surface area (TPSA) is 75.6 Å². The molecular formula is C11H13NO4. The third kappa shape index (κ3) is 2.31. The van der Waals surface area contributed by atoms with Gasteiger partial charge in [-0.15, -0.1) is 0 Å². The van der Waals surface area contributed by atoms with Crippen molar-refractivity contribution in [3.63, 3.8) is 0 Å². The highest BCUT2D eigenvalue weighted by atomic mass is 16.5. The maximum atomic E-state index is 11.4. The van der Waals surface area contributed by atoms with Crippen LogP contribution < -0.4 is 5.32 Å². The summed E-state index contributed by atoms with van der Waals surface area (Å²) >= 11 is 0. The predicted molar refractivity (Wildman–Crippen MR) is 58.5 cm³/mol. The number of methoxy groups -OCH3 is 1. The lowest BCUT2D eigenvalue weighted by Gasteiger charge is -2.11. The van der Waals surface area contributed by atoms with E-state index in [0.29, 0.717) is 5.56 Å². The summed E-state index contributed by atoms with van der Waals surface area (Å²) in [6, 6.07) is 3.07. The summed E-state index contributed by atoms with van der Waals surface area (Å²) in [6.07, 6.45) is 0. The maximum Gasteiger partial charge on any atom is 0.340 e. The van der Waals surface area contributed by atoms with E-state index in [-0.39, 0.29) is 22.9 Å². The van der Waals surface area contributed by atoms with Gasteiger partial charge in [0.1, 0.15) is 5.75 Å². The SMILES string of the molecule is COC(=O)c1ccc(C)c(O)c1NC(C)=O. The zero-order valence-electron chi connectivity index (χ0n) is 9.33. The van der Waals surface area contributed by atoms with Gasteiger partial charge in [0.25, 0.3) is 0 Å². The van der Waals surface area contributed by atoms with E-state index in [1.165, 1.54) is 20.1 Å². The van der Waals surface area contributed by atoms with Crippen LogP contribution in [0.3, 0.4) is 0 Å². The molecule has 0 atom stereocenters. The average Bonchev–Trinajstić information content (AvgIpc) is 2.23. The average molecular weight is 223 g/mol. The first-order valence-corrected chi connectivity index (χ1v) is 4.65. The molecule has 5 heteroatoms. The van der Waals surface area contributed by atoms with Gasteiger partial charge in [-0.2, -0.15) is 0 Å². The number of anilines is 1. The van der Waals surface area contributed by atoms with Gasteiger partial charge in [-0.3, -0.25) is 4.79 Å². The van der Waals surface area contributed by atoms with Crippen molar-refractivity contribution >= 4 is 17.6 Å². The molecular weight excluding hydrogens is 210 g/mol. The van der Waals surface area contributed by atoms with Crippen molar-refractivity contribution in [2.75, 3.05) is 12.4 Å². The molecule has 0 spiro atoms. The largest absolute Gasteiger partial charge is 0.505 e. The Kier molecular flexibility index (Phi) is 3.50. The third-order valence-corrected chi connectivity index (χ3v) is 2.09. The maximum absolute atomic E-state index is 11.4. The number of esters is 1. The van der Waals surface area contributed by atoms with Gasteiger partial charge in [0.05, 0.1) is 18.4 Å². The van der Waals surface area contributed by atoms with Crippen LogP contribution in [0.4, 0.5) is 5.69 Å². The minimum Gasteiger partial charge on any atom is -0.505 e. The van der Waals surface area contributed by atoms with Gasteiger partial charge >= 0.3 is 5.97 Å². The first-order chi connectivity index (χ1) is 7.47. The lowest BCUT2D eigenvalue weighted by molar-refractivity contribution is -0.114. The Morgan fingerprint density at radius 2 is 2.00 bits per heavy atom. The second kappa shape index (κ2) is 4.65. The normalized spacial score (nSPS) is 9.69. The number of aryl methyl sites for hydroxylation is 1. The molecule has 0 saturated heterocycles. The van der Waals surface area contributed by atoms with Gasteiger partial charge in [0, 0.05) is 6.92 Å². The zero-order valence-corrected chi connectivity index (χ0v) is 9.33. The molecule has 0 aliphatic heterocycles. The molecule has 0 unspecified atom stereocenters. The van der Waals surface area contributed by atoms with Crippen LogP contribution in [-0.2, 0) is 9.53 Å². The van der Waals surface area contributed by atoms with Crippen molar-refractivity contribution in [2.45, 2.75) is 13.8 Å². The second-order valence-electron chi connectivity index (χ2n) is 3.33. The van der Waals surface area contributed by atoms with Crippen LogP contribution in [0.2, 0.25) is 0 Å². The van der Waals surface area contributed by atoms with Crippen molar-refractivity contribution in [3.8, 4) is 5.75 Å². The summed E-state index contributed by atoms with van der Waals surface area (Å²) in [4.78, 5) is 22.4. The molecule has 0 saturated carbocycles. The number of phenols is 1. The van der Waals surface area contributed by atoms with Crippen molar-refractivity contribution < 1.29 is 19.4 Å². The molecule has 0 bridgehead atoms. The van der Waals surface area contributed by atoms with Gasteiger partial charge in [-0.25, -0.2) is 4.79 Å². The number of aromatic hydroxyl groups is 1. The number of amides is 1. The van der Waals surface area contributed by atoms with Gasteiger partial charge in [-0.05, 0) is 18.6 Å². The summed E-state index contributed by atoms with van der Waals surface area (Å²) in [5.41, 5.74) is 0.775. The van der Waals surface area contributed by atoms with Gasteiger partial charge < -0.3 is 15.2 Å². The second-order valence-corrected chi connectivity index (χ2v) is 3.33. The summed E-state index contributed by atoms with van der Waals surface area (Å²) in [7, 11) is 1.23. The molecule has 1 aromatic carbocycles. The molecule has 5 nitrogen and oxygen atoms in total. The molecule has 0 aromatic heterocycles. The third-order valence-electron chi connectivity index (χ3n) is 2.09. The number of carbonyl (C=O) groups is 2. The van der Waals surface area contributed by atoms with Gasteiger partial charge in [-0.1, -0.05) is 6.07 Å². The first kappa shape index (κ1) is 12.0. The van der Waals surface area contributed by atoms with Crippen molar-refractivity contribution in [2.24, 2.45) is 0 Å². The number of nitrogens with one attached hydrogen (secondary N) is 1. The van der Waals surface area contributed by atoms with Crippen molar-refractivity contribution in [3.05, 3.63) is 23.3 Å². The van der Waals surface area contributed by atoms with E-state index < -0.39 is 5.97 Å². The van der Waals surface area contributed by atoms with E-state index in [4.69, 9.17) is 0 Å². The fraction of sp³-hybridized carbons (Fsp3) is 0.273. The number of phenolic OH excluding ortho intramolecular Hbond substituents is 1. The van der Waals surface area contributed by atoms with Gasteiger partial charge in [0.2, 0.25) is 5.91 Å². The Labute approximate surface area is 93.0 Å². The van der Waals surface area contributed by atoms with Crippen molar-refractivity contribution in [1.29, 1.82) is 0 Å². The Morgan fingerprint density at radius 1 is 1.38 bits per heavy atom. The standard InChI is InChI=1S/C11H13NO4/c1-6-4-5-8(11(15)16-3)9(10(6)14)12-7(2)13/h4-5,14H,1-3H3,(H,12,13). The Bertz CT molecular complexity index is 440. The Hall–Kier alpha value is -2.04. The molecule has 16 heavy (non-hydrogen) atoms. The Balaban J connectivity index is 3.32. The lowest BCUT2D eigenvalue weighted by atomic mass is 10.1. The highest BCUT2D eigenvalue weighted by Gasteiger charge is 2.17. The summed E-state index contributed by atoms with van der Waals surface area (Å²) in [5.74, 6) is -1.11. The summed E-state index contributed by atoms with van der Waals surface area (Å²) < 4.78 is 4.55. The molecule has 1 aromatic rings. The summed E-state index contributed by atoms with van der Waals surface area (Å²) in [6.45, 7) is 2.96. The number of ether oxygens (including phenoxy) is 1. The van der Waals surface area contributed by atoms with E-state index in [1.807, 2.05) is 0 Å². The van der Waals surface area contributed by atoms with Crippen LogP contribution in [0.1, 0.15) is 22.8 Å². The first-order valence-electron chi connectivity index (χ1n) is 4.65. The fourth-order valence-electron chi connectivity index (χ4n) is 1.28. The van der Waals surface area contributed by atoms with Crippen molar-refractivity contribution in [1.82, 2.24) is 0 Å². The van der Waals surface area contributed by atoms with Crippen LogP contribution in [0.25, 0.3) is 0 Å². The van der Waals surface area contributed by atoms with Crippen LogP contribution in [-0.4, -0.2) is 24.1 Å². The molecule has 86 valence electrons. The molecule has 0 aliphatic carbocycles. The number of rotatable bonds is 2. The summed E-state index contributed by atoms with van der Waals surface area (Å²) in [5, 5.41) is 12.2. The van der Waals surface area contributed by atoms with Crippen LogP contribution in [0.5, 0.6) is 5.75 Å². The highest BCUT2D eigenvalue weighted by molar-refractivity contribution is 6.02. The van der Waals surface area contributed by atoms with Crippen LogP contribution in [0, 0.1) is 6.92 Å². The van der Waals surface area contributed by atoms with E-state index in [9.17, 15) is 14.7 Å². The molecule has 0 radical (unpaired) electrons. The molecule has 2 N–H and O–H groups in total. The zero-order chi connectivity index (χ0) is 12.3. The minimum atomic E-state index is -0.612. The molecule has 1 rings (SSSR count). The number of hydrogen-bond acceptors (Lipinski definition) is 4. The molecule has 0 aliphatic rings. The lowest BCUT2D eigenvalue weighted by Crippen LogP contribution is -2.12. The van der Waals surface area contributed by atoms with Crippen LogP contribution >= 0.6 is 0 Å². The number of benzene rings is 1. The van der Waals surface area contributed by atoms with E-state index in [0.717, 1.165) is 0 Å². The van der Waals surface area contributed by atoms with E-state index in [2.05, 4.69) is 10.1 Å². The monoisotopic (exact) mass is 223 g/mol. The van der Waals surface area contributed by atoms with E-state index >= 15 is 0 Å². The highest BCUT2D eigenvalue weighted by Crippen LogP contribution is 2.31. The Morgan fingerprint density at radius 3 is 2.50 bits per heavy atom. The van der Waals surface area contributed by atoms with E-state index in [1.54, 1.807) is 13.0 Å².